The smallest absolute Gasteiger partial charge is 0.325 e. The molecule has 0 bridgehead atoms. The van der Waals surface area contributed by atoms with Crippen molar-refractivity contribution in [2.45, 2.75) is 51.0 Å². The maximum atomic E-state index is 13.2. The Bertz CT molecular complexity index is 726. The van der Waals surface area contributed by atoms with E-state index in [1.807, 2.05) is 6.92 Å². The van der Waals surface area contributed by atoms with Crippen molar-refractivity contribution in [3.8, 4) is 5.75 Å². The molecule has 1 aromatic carbocycles. The number of amides is 4. The van der Waals surface area contributed by atoms with Crippen LogP contribution in [0.4, 0.5) is 4.79 Å². The Morgan fingerprint density at radius 1 is 1.07 bits per heavy atom. The van der Waals surface area contributed by atoms with Crippen LogP contribution in [-0.2, 0) is 15.1 Å². The molecule has 2 saturated heterocycles. The fourth-order valence-electron chi connectivity index (χ4n) is 4.02. The number of likely N-dealkylation sites (tertiary alicyclic amines) is 1. The average Bonchev–Trinajstić information content (AvgIpc) is 2.93. The number of imide groups is 1. The van der Waals surface area contributed by atoms with E-state index in [4.69, 9.17) is 4.74 Å². The molecule has 152 valence electrons. The number of ether oxygens (including phenoxy) is 1. The number of hydrogen-bond acceptors (Lipinski definition) is 4. The van der Waals surface area contributed by atoms with E-state index in [0.717, 1.165) is 30.6 Å². The predicted molar refractivity (Wildman–Crippen MR) is 105 cm³/mol. The van der Waals surface area contributed by atoms with Crippen LogP contribution in [0.25, 0.3) is 0 Å². The second-order valence-corrected chi connectivity index (χ2v) is 7.46. The zero-order chi connectivity index (χ0) is 20.1. The summed E-state index contributed by atoms with van der Waals surface area (Å²) in [5, 5.41) is 2.83. The second-order valence-electron chi connectivity index (χ2n) is 7.46. The summed E-state index contributed by atoms with van der Waals surface area (Å²) in [5.74, 6) is 0.147. The van der Waals surface area contributed by atoms with Gasteiger partial charge in [-0.3, -0.25) is 14.5 Å². The van der Waals surface area contributed by atoms with Crippen molar-refractivity contribution >= 4 is 17.8 Å². The van der Waals surface area contributed by atoms with Crippen LogP contribution >= 0.6 is 0 Å². The van der Waals surface area contributed by atoms with Crippen molar-refractivity contribution in [3.05, 3.63) is 29.8 Å². The van der Waals surface area contributed by atoms with Gasteiger partial charge in [-0.1, -0.05) is 38.3 Å². The summed E-state index contributed by atoms with van der Waals surface area (Å²) in [4.78, 5) is 41.4. The summed E-state index contributed by atoms with van der Waals surface area (Å²) in [7, 11) is 1.57. The molecule has 0 spiro atoms. The molecule has 0 aromatic heterocycles. The molecule has 0 radical (unpaired) electrons. The highest BCUT2D eigenvalue weighted by atomic mass is 16.5. The molecule has 2 aliphatic heterocycles. The van der Waals surface area contributed by atoms with Crippen LogP contribution in [0.5, 0.6) is 5.75 Å². The summed E-state index contributed by atoms with van der Waals surface area (Å²) in [6, 6.07) is 6.58. The van der Waals surface area contributed by atoms with Gasteiger partial charge in [-0.05, 0) is 37.0 Å². The molecule has 0 unspecified atom stereocenters. The van der Waals surface area contributed by atoms with Gasteiger partial charge in [-0.15, -0.1) is 0 Å². The van der Waals surface area contributed by atoms with Crippen LogP contribution in [0.2, 0.25) is 0 Å². The maximum absolute atomic E-state index is 13.2. The van der Waals surface area contributed by atoms with Crippen LogP contribution in [0, 0.1) is 0 Å². The number of nitrogens with zero attached hydrogens (tertiary/aromatic N) is 2. The average molecular weight is 387 g/mol. The standard InChI is InChI=1S/C21H29N3O4/c1-3-21(16-9-11-17(28-2)12-10-16)19(26)24(20(27)22-21)15-18(25)23-13-7-5-4-6-8-14-23/h9-12H,3-8,13-15H2,1-2H3,(H,22,27)/t21-/m1/s1. The number of benzene rings is 1. The highest BCUT2D eigenvalue weighted by Gasteiger charge is 2.51. The Kier molecular flexibility index (Phi) is 6.21. The van der Waals surface area contributed by atoms with Gasteiger partial charge in [0, 0.05) is 13.1 Å². The van der Waals surface area contributed by atoms with Gasteiger partial charge in [0.2, 0.25) is 5.91 Å². The molecule has 0 saturated carbocycles. The number of carbonyl (C=O) groups is 3. The fourth-order valence-corrected chi connectivity index (χ4v) is 4.02. The highest BCUT2D eigenvalue weighted by Crippen LogP contribution is 2.33. The molecule has 1 aromatic rings. The highest BCUT2D eigenvalue weighted by molar-refractivity contribution is 6.09. The molecule has 2 fully saturated rings. The monoisotopic (exact) mass is 387 g/mol. The van der Waals surface area contributed by atoms with Gasteiger partial charge < -0.3 is 15.0 Å². The van der Waals surface area contributed by atoms with Crippen molar-refractivity contribution in [3.63, 3.8) is 0 Å². The van der Waals surface area contributed by atoms with E-state index in [-0.39, 0.29) is 18.4 Å². The minimum Gasteiger partial charge on any atom is -0.497 e. The Hall–Kier alpha value is -2.57. The van der Waals surface area contributed by atoms with E-state index in [0.29, 0.717) is 30.8 Å². The zero-order valence-electron chi connectivity index (χ0n) is 16.7. The van der Waals surface area contributed by atoms with E-state index >= 15 is 0 Å². The fraction of sp³-hybridized carbons (Fsp3) is 0.571. The third kappa shape index (κ3) is 3.84. The zero-order valence-corrected chi connectivity index (χ0v) is 16.7. The van der Waals surface area contributed by atoms with Crippen molar-refractivity contribution in [1.29, 1.82) is 0 Å². The lowest BCUT2D eigenvalue weighted by molar-refractivity contribution is -0.139. The Morgan fingerprint density at radius 2 is 1.68 bits per heavy atom. The molecule has 7 nitrogen and oxygen atoms in total. The van der Waals surface area contributed by atoms with Crippen LogP contribution in [0.15, 0.2) is 24.3 Å². The van der Waals surface area contributed by atoms with E-state index < -0.39 is 11.6 Å². The molecular weight excluding hydrogens is 358 g/mol. The quantitative estimate of drug-likeness (QED) is 0.788. The number of urea groups is 1. The predicted octanol–water partition coefficient (Wildman–Crippen LogP) is 2.65. The van der Waals surface area contributed by atoms with Crippen molar-refractivity contribution in [1.82, 2.24) is 15.1 Å². The summed E-state index contributed by atoms with van der Waals surface area (Å²) in [6.07, 6.45) is 5.77. The van der Waals surface area contributed by atoms with Gasteiger partial charge in [-0.25, -0.2) is 4.79 Å². The number of methoxy groups -OCH3 is 1. The SMILES string of the molecule is CC[C@]1(c2ccc(OC)cc2)NC(=O)N(CC(=O)N2CCCCCCC2)C1=O. The Labute approximate surface area is 166 Å². The minimum atomic E-state index is -1.14. The summed E-state index contributed by atoms with van der Waals surface area (Å²) < 4.78 is 5.17. The van der Waals surface area contributed by atoms with E-state index in [2.05, 4.69) is 5.32 Å². The third-order valence-corrected chi connectivity index (χ3v) is 5.79. The van der Waals surface area contributed by atoms with Crippen molar-refractivity contribution in [2.75, 3.05) is 26.7 Å². The second kappa shape index (κ2) is 8.63. The minimum absolute atomic E-state index is 0.160. The van der Waals surface area contributed by atoms with Gasteiger partial charge in [0.05, 0.1) is 7.11 Å². The lowest BCUT2D eigenvalue weighted by Gasteiger charge is -2.28. The summed E-state index contributed by atoms with van der Waals surface area (Å²) in [5.41, 5.74) is -0.449. The first-order valence-electron chi connectivity index (χ1n) is 10.1. The molecule has 1 N–H and O–H groups in total. The van der Waals surface area contributed by atoms with Gasteiger partial charge in [0.25, 0.3) is 5.91 Å². The van der Waals surface area contributed by atoms with Gasteiger partial charge in [0.1, 0.15) is 17.8 Å². The number of carbonyl (C=O) groups excluding carboxylic acids is 3. The van der Waals surface area contributed by atoms with E-state index in [1.165, 1.54) is 6.42 Å². The normalized spacial score (nSPS) is 23.2. The number of hydrogen-bond donors (Lipinski definition) is 1. The van der Waals surface area contributed by atoms with E-state index in [9.17, 15) is 14.4 Å². The van der Waals surface area contributed by atoms with Crippen LogP contribution in [-0.4, -0.2) is 54.4 Å². The largest absolute Gasteiger partial charge is 0.497 e. The lowest BCUT2D eigenvalue weighted by Crippen LogP contribution is -2.46. The first-order chi connectivity index (χ1) is 13.5. The number of rotatable bonds is 5. The molecule has 2 heterocycles. The topological polar surface area (TPSA) is 79.0 Å². The summed E-state index contributed by atoms with van der Waals surface area (Å²) in [6.45, 7) is 3.04. The van der Waals surface area contributed by atoms with Gasteiger partial charge in [0.15, 0.2) is 0 Å². The Morgan fingerprint density at radius 3 is 2.25 bits per heavy atom. The number of nitrogens with one attached hydrogen (secondary N) is 1. The van der Waals surface area contributed by atoms with Crippen molar-refractivity contribution in [2.24, 2.45) is 0 Å². The molecule has 0 aliphatic carbocycles. The molecule has 1 atom stereocenters. The Balaban J connectivity index is 1.76. The third-order valence-electron chi connectivity index (χ3n) is 5.79. The maximum Gasteiger partial charge on any atom is 0.325 e. The van der Waals surface area contributed by atoms with Crippen molar-refractivity contribution < 1.29 is 19.1 Å². The molecule has 3 rings (SSSR count). The van der Waals surface area contributed by atoms with Crippen LogP contribution < -0.4 is 10.1 Å². The molecule has 4 amide bonds. The molecular formula is C21H29N3O4. The molecule has 2 aliphatic rings. The molecule has 7 heteroatoms. The van der Waals surface area contributed by atoms with Crippen LogP contribution in [0.3, 0.4) is 0 Å². The first-order valence-corrected chi connectivity index (χ1v) is 10.1. The van der Waals surface area contributed by atoms with Gasteiger partial charge in [-0.2, -0.15) is 0 Å². The lowest BCUT2D eigenvalue weighted by atomic mass is 9.87. The van der Waals surface area contributed by atoms with Gasteiger partial charge >= 0.3 is 6.03 Å². The summed E-state index contributed by atoms with van der Waals surface area (Å²) >= 11 is 0. The molecule has 28 heavy (non-hydrogen) atoms. The van der Waals surface area contributed by atoms with E-state index in [1.54, 1.807) is 36.3 Å². The van der Waals surface area contributed by atoms with Crippen LogP contribution in [0.1, 0.15) is 51.0 Å². The first kappa shape index (κ1) is 20.2.